The quantitative estimate of drug-likeness (QED) is 0.373. The van der Waals surface area contributed by atoms with Gasteiger partial charge >= 0.3 is 0 Å². The average Bonchev–Trinajstić information content (AvgIpc) is 3.24. The number of benzene rings is 3. The first-order chi connectivity index (χ1) is 17.1. The van der Waals surface area contributed by atoms with Crippen molar-refractivity contribution in [2.45, 2.75) is 6.54 Å². The van der Waals surface area contributed by atoms with Crippen LogP contribution in [0, 0.1) is 0 Å². The number of rotatable bonds is 6. The smallest absolute Gasteiger partial charge is 0.263 e. The fourth-order valence-corrected chi connectivity index (χ4v) is 4.58. The fourth-order valence-electron chi connectivity index (χ4n) is 4.58. The molecule has 7 nitrogen and oxygen atoms in total. The molecule has 6 aromatic rings. The number of ether oxygens (including phenoxy) is 2. The first-order valence-electron chi connectivity index (χ1n) is 11.2. The topological polar surface area (TPSA) is 81.9 Å². The fraction of sp³-hybridized carbons (Fsp3) is 0.107. The van der Waals surface area contributed by atoms with Crippen LogP contribution in [-0.4, -0.2) is 29.0 Å². The molecule has 0 spiro atoms. The highest BCUT2D eigenvalue weighted by Crippen LogP contribution is 2.34. The minimum atomic E-state index is -0.224. The predicted octanol–water partition coefficient (Wildman–Crippen LogP) is 4.30. The number of aromatic nitrogens is 2. The summed E-state index contributed by atoms with van der Waals surface area (Å²) in [5.41, 5.74) is 3.25. The molecule has 35 heavy (non-hydrogen) atoms. The van der Waals surface area contributed by atoms with Crippen molar-refractivity contribution in [1.82, 2.24) is 14.7 Å². The van der Waals surface area contributed by atoms with Gasteiger partial charge in [0.1, 0.15) is 11.5 Å². The number of pyridine rings is 2. The highest BCUT2D eigenvalue weighted by Gasteiger charge is 2.18. The third kappa shape index (κ3) is 3.49. The van der Waals surface area contributed by atoms with Crippen molar-refractivity contribution in [3.05, 3.63) is 94.9 Å². The Morgan fingerprint density at radius 2 is 1.69 bits per heavy atom. The van der Waals surface area contributed by atoms with Crippen LogP contribution in [0.1, 0.15) is 5.56 Å². The number of hydrogen-bond acceptors (Lipinski definition) is 5. The van der Waals surface area contributed by atoms with Gasteiger partial charge in [-0.05, 0) is 48.0 Å². The Balaban J connectivity index is 1.29. The van der Waals surface area contributed by atoms with Gasteiger partial charge in [-0.1, -0.05) is 30.3 Å². The second-order valence-corrected chi connectivity index (χ2v) is 8.33. The Kier molecular flexibility index (Phi) is 4.95. The zero-order valence-corrected chi connectivity index (χ0v) is 18.9. The van der Waals surface area contributed by atoms with E-state index in [2.05, 4.69) is 10.3 Å². The van der Waals surface area contributed by atoms with E-state index in [1.807, 2.05) is 66.7 Å². The van der Waals surface area contributed by atoms with Gasteiger partial charge in [0.05, 0.1) is 23.7 Å². The Morgan fingerprint density at radius 3 is 2.49 bits per heavy atom. The lowest BCUT2D eigenvalue weighted by Crippen LogP contribution is -2.28. The van der Waals surface area contributed by atoms with Crippen LogP contribution in [0.25, 0.3) is 38.1 Å². The Labute approximate surface area is 199 Å². The van der Waals surface area contributed by atoms with E-state index >= 15 is 0 Å². The van der Waals surface area contributed by atoms with Gasteiger partial charge in [-0.25, -0.2) is 0 Å². The second kappa shape index (κ2) is 8.29. The van der Waals surface area contributed by atoms with E-state index in [-0.39, 0.29) is 18.1 Å². The first kappa shape index (κ1) is 20.9. The summed E-state index contributed by atoms with van der Waals surface area (Å²) in [4.78, 5) is 30.3. The van der Waals surface area contributed by atoms with E-state index in [9.17, 15) is 9.59 Å². The molecular weight excluding hydrogens is 442 g/mol. The Morgan fingerprint density at radius 1 is 0.914 bits per heavy atom. The van der Waals surface area contributed by atoms with Crippen LogP contribution in [0.3, 0.4) is 0 Å². The van der Waals surface area contributed by atoms with Gasteiger partial charge in [0, 0.05) is 34.3 Å². The lowest BCUT2D eigenvalue weighted by Gasteiger charge is -2.08. The SMILES string of the molecule is COc1ccc(CNC(=O)COc2ccc3c(c2)c2ccnc4c5ccccc5c(=O)n3c24)cc1. The number of carbonyl (C=O) groups excluding carboxylic acids is 1. The third-order valence-electron chi connectivity index (χ3n) is 6.28. The number of fused-ring (bicyclic) bond motifs is 5. The van der Waals surface area contributed by atoms with Crippen molar-refractivity contribution in [1.29, 1.82) is 0 Å². The second-order valence-electron chi connectivity index (χ2n) is 8.33. The van der Waals surface area contributed by atoms with Crippen molar-refractivity contribution in [3.63, 3.8) is 0 Å². The molecule has 172 valence electrons. The summed E-state index contributed by atoms with van der Waals surface area (Å²) < 4.78 is 12.7. The van der Waals surface area contributed by atoms with Crippen molar-refractivity contribution >= 4 is 44.0 Å². The molecule has 0 saturated heterocycles. The predicted molar refractivity (Wildman–Crippen MR) is 136 cm³/mol. The van der Waals surface area contributed by atoms with Crippen molar-refractivity contribution in [3.8, 4) is 11.5 Å². The van der Waals surface area contributed by atoms with Crippen LogP contribution < -0.4 is 20.3 Å². The van der Waals surface area contributed by atoms with Crippen LogP contribution >= 0.6 is 0 Å². The standard InChI is InChI=1S/C28H21N3O4/c1-34-18-8-6-17(7-9-18)15-30-25(32)16-35-19-10-11-24-23(14-19)21-12-13-29-26-20-4-2-3-5-22(20)28(33)31(24)27(21)26/h2-14H,15-16H2,1H3,(H,30,32). The molecule has 0 aliphatic rings. The lowest BCUT2D eigenvalue weighted by molar-refractivity contribution is -0.123. The Bertz CT molecular complexity index is 1770. The molecule has 0 aliphatic heterocycles. The molecule has 0 aliphatic carbocycles. The molecule has 3 aromatic heterocycles. The molecular formula is C28H21N3O4. The maximum Gasteiger partial charge on any atom is 0.263 e. The van der Waals surface area contributed by atoms with Gasteiger partial charge in [-0.15, -0.1) is 0 Å². The summed E-state index contributed by atoms with van der Waals surface area (Å²) in [5, 5.41) is 6.12. The summed E-state index contributed by atoms with van der Waals surface area (Å²) in [6.07, 6.45) is 1.76. The van der Waals surface area contributed by atoms with E-state index in [0.717, 1.165) is 44.0 Å². The van der Waals surface area contributed by atoms with E-state index in [1.165, 1.54) is 0 Å². The molecule has 3 heterocycles. The van der Waals surface area contributed by atoms with Crippen LogP contribution in [0.2, 0.25) is 0 Å². The highest BCUT2D eigenvalue weighted by molar-refractivity contribution is 6.18. The monoisotopic (exact) mass is 463 g/mol. The molecule has 6 rings (SSSR count). The molecule has 3 aromatic carbocycles. The van der Waals surface area contributed by atoms with Gasteiger partial charge in [-0.3, -0.25) is 19.0 Å². The molecule has 0 saturated carbocycles. The van der Waals surface area contributed by atoms with Crippen LogP contribution in [-0.2, 0) is 11.3 Å². The molecule has 0 atom stereocenters. The lowest BCUT2D eigenvalue weighted by atomic mass is 10.1. The number of amides is 1. The largest absolute Gasteiger partial charge is 0.497 e. The van der Waals surface area contributed by atoms with E-state index < -0.39 is 0 Å². The Hall–Kier alpha value is -4.65. The van der Waals surface area contributed by atoms with E-state index in [4.69, 9.17) is 9.47 Å². The molecule has 0 fully saturated rings. The normalized spacial score (nSPS) is 11.5. The van der Waals surface area contributed by atoms with Crippen LogP contribution in [0.15, 0.2) is 83.8 Å². The first-order valence-corrected chi connectivity index (χ1v) is 11.2. The maximum atomic E-state index is 13.3. The van der Waals surface area contributed by atoms with Gasteiger partial charge < -0.3 is 14.8 Å². The van der Waals surface area contributed by atoms with Crippen molar-refractivity contribution in [2.75, 3.05) is 13.7 Å². The summed E-state index contributed by atoms with van der Waals surface area (Å²) in [7, 11) is 1.61. The molecule has 7 heteroatoms. The summed E-state index contributed by atoms with van der Waals surface area (Å²) in [6.45, 7) is 0.286. The number of nitrogens with zero attached hydrogens (tertiary/aromatic N) is 2. The minimum absolute atomic E-state index is 0.0762. The summed E-state index contributed by atoms with van der Waals surface area (Å²) >= 11 is 0. The van der Waals surface area contributed by atoms with Crippen LogP contribution in [0.4, 0.5) is 0 Å². The average molecular weight is 463 g/mol. The summed E-state index contributed by atoms with van der Waals surface area (Å²) in [5.74, 6) is 1.10. The number of methoxy groups -OCH3 is 1. The van der Waals surface area contributed by atoms with Crippen molar-refractivity contribution < 1.29 is 14.3 Å². The van der Waals surface area contributed by atoms with Gasteiger partial charge in [-0.2, -0.15) is 0 Å². The van der Waals surface area contributed by atoms with Gasteiger partial charge in [0.2, 0.25) is 0 Å². The van der Waals surface area contributed by atoms with Crippen molar-refractivity contribution in [2.24, 2.45) is 0 Å². The highest BCUT2D eigenvalue weighted by atomic mass is 16.5. The molecule has 1 N–H and O–H groups in total. The van der Waals surface area contributed by atoms with E-state index in [1.54, 1.807) is 23.8 Å². The maximum absolute atomic E-state index is 13.3. The number of hydrogen-bond donors (Lipinski definition) is 1. The van der Waals surface area contributed by atoms with Gasteiger partial charge in [0.15, 0.2) is 6.61 Å². The minimum Gasteiger partial charge on any atom is -0.497 e. The third-order valence-corrected chi connectivity index (χ3v) is 6.28. The molecule has 1 amide bonds. The number of carbonyl (C=O) groups is 1. The summed E-state index contributed by atoms with van der Waals surface area (Å²) in [6, 6.07) is 22.5. The zero-order valence-electron chi connectivity index (χ0n) is 18.9. The van der Waals surface area contributed by atoms with E-state index in [0.29, 0.717) is 17.7 Å². The molecule has 0 bridgehead atoms. The molecule has 0 unspecified atom stereocenters. The molecule has 0 radical (unpaired) electrons. The zero-order chi connectivity index (χ0) is 23.9. The van der Waals surface area contributed by atoms with Crippen LogP contribution in [0.5, 0.6) is 11.5 Å². The number of nitrogens with one attached hydrogen (secondary N) is 1. The van der Waals surface area contributed by atoms with Gasteiger partial charge in [0.25, 0.3) is 11.5 Å².